The van der Waals surface area contributed by atoms with Gasteiger partial charge < -0.3 is 19.9 Å². The summed E-state index contributed by atoms with van der Waals surface area (Å²) in [6.07, 6.45) is 1.31. The maximum Gasteiger partial charge on any atom is 0.409 e. The van der Waals surface area contributed by atoms with Crippen molar-refractivity contribution in [1.82, 2.24) is 9.88 Å². The number of pyridine rings is 1. The first-order valence-corrected chi connectivity index (χ1v) is 9.07. The number of amides is 2. The number of hydrogen-bond donors (Lipinski definition) is 1. The summed E-state index contributed by atoms with van der Waals surface area (Å²) >= 11 is 0. The van der Waals surface area contributed by atoms with E-state index in [-0.39, 0.29) is 12.0 Å². The molecule has 1 aliphatic rings. The molecule has 0 radical (unpaired) electrons. The van der Waals surface area contributed by atoms with Gasteiger partial charge in [0, 0.05) is 38.1 Å². The number of rotatable bonds is 4. The first-order valence-electron chi connectivity index (χ1n) is 9.07. The van der Waals surface area contributed by atoms with E-state index in [4.69, 9.17) is 4.74 Å². The Kier molecular flexibility index (Phi) is 5.90. The van der Waals surface area contributed by atoms with Gasteiger partial charge in [-0.2, -0.15) is 0 Å². The lowest BCUT2D eigenvalue weighted by Crippen LogP contribution is -2.49. The lowest BCUT2D eigenvalue weighted by molar-refractivity contribution is 0.102. The maximum atomic E-state index is 12.3. The number of carbonyl (C=O) groups excluding carboxylic acids is 2. The second-order valence-corrected chi connectivity index (χ2v) is 6.40. The Balaban J connectivity index is 1.56. The topological polar surface area (TPSA) is 74.8 Å². The predicted octanol–water partition coefficient (Wildman–Crippen LogP) is 2.92. The highest BCUT2D eigenvalue weighted by atomic mass is 16.6. The summed E-state index contributed by atoms with van der Waals surface area (Å²) in [4.78, 5) is 32.3. The van der Waals surface area contributed by atoms with E-state index in [1.165, 1.54) is 0 Å². The molecule has 0 atom stereocenters. The van der Waals surface area contributed by atoms with E-state index in [9.17, 15) is 9.59 Å². The SMILES string of the molecule is CCOC(=O)N1CCN(c2ccc(C(=O)Nc3ccc(C)cc3)cn2)CC1. The highest BCUT2D eigenvalue weighted by Crippen LogP contribution is 2.16. The van der Waals surface area contributed by atoms with E-state index >= 15 is 0 Å². The van der Waals surface area contributed by atoms with Gasteiger partial charge in [-0.1, -0.05) is 17.7 Å². The van der Waals surface area contributed by atoms with Crippen LogP contribution in [0.15, 0.2) is 42.6 Å². The number of anilines is 2. The predicted molar refractivity (Wildman–Crippen MR) is 104 cm³/mol. The van der Waals surface area contributed by atoms with Crippen LogP contribution in [-0.4, -0.2) is 54.7 Å². The standard InChI is InChI=1S/C20H24N4O3/c1-3-27-20(26)24-12-10-23(11-13-24)18-9-6-16(14-21-18)19(25)22-17-7-4-15(2)5-8-17/h4-9,14H,3,10-13H2,1-2H3,(H,22,25). The van der Waals surface area contributed by atoms with Crippen LogP contribution in [0.3, 0.4) is 0 Å². The number of aromatic nitrogens is 1. The van der Waals surface area contributed by atoms with Crippen molar-refractivity contribution < 1.29 is 14.3 Å². The first-order chi connectivity index (χ1) is 13.1. The second kappa shape index (κ2) is 8.53. The summed E-state index contributed by atoms with van der Waals surface area (Å²) < 4.78 is 5.03. The van der Waals surface area contributed by atoms with Gasteiger partial charge in [-0.05, 0) is 38.1 Å². The molecular weight excluding hydrogens is 344 g/mol. The molecule has 7 heteroatoms. The van der Waals surface area contributed by atoms with Crippen molar-refractivity contribution in [2.75, 3.05) is 43.0 Å². The quantitative estimate of drug-likeness (QED) is 0.898. The number of nitrogens with zero attached hydrogens (tertiary/aromatic N) is 3. The van der Waals surface area contributed by atoms with Crippen LogP contribution in [0.25, 0.3) is 0 Å². The Labute approximate surface area is 158 Å². The highest BCUT2D eigenvalue weighted by molar-refractivity contribution is 6.04. The van der Waals surface area contributed by atoms with Crippen molar-refractivity contribution in [3.8, 4) is 0 Å². The molecule has 1 N–H and O–H groups in total. The molecular formula is C20H24N4O3. The highest BCUT2D eigenvalue weighted by Gasteiger charge is 2.22. The zero-order chi connectivity index (χ0) is 19.2. The molecule has 0 aliphatic carbocycles. The molecule has 1 aromatic heterocycles. The van der Waals surface area contributed by atoms with E-state index in [0.717, 1.165) is 17.1 Å². The van der Waals surface area contributed by atoms with E-state index in [1.54, 1.807) is 24.1 Å². The first kappa shape index (κ1) is 18.7. The van der Waals surface area contributed by atoms with Crippen LogP contribution in [0.4, 0.5) is 16.3 Å². The van der Waals surface area contributed by atoms with Crippen LogP contribution >= 0.6 is 0 Å². The molecule has 2 amide bonds. The molecule has 1 aliphatic heterocycles. The van der Waals surface area contributed by atoms with E-state index in [0.29, 0.717) is 38.3 Å². The van der Waals surface area contributed by atoms with E-state index < -0.39 is 0 Å². The fraction of sp³-hybridized carbons (Fsp3) is 0.350. The van der Waals surface area contributed by atoms with Gasteiger partial charge in [0.25, 0.3) is 5.91 Å². The molecule has 0 spiro atoms. The fourth-order valence-electron chi connectivity index (χ4n) is 2.88. The zero-order valence-corrected chi connectivity index (χ0v) is 15.6. The monoisotopic (exact) mass is 368 g/mol. The average Bonchev–Trinajstić information content (AvgIpc) is 2.70. The van der Waals surface area contributed by atoms with E-state index in [2.05, 4.69) is 15.2 Å². The third-order valence-electron chi connectivity index (χ3n) is 4.45. The minimum absolute atomic E-state index is 0.190. The molecule has 27 heavy (non-hydrogen) atoms. The molecule has 1 fully saturated rings. The minimum Gasteiger partial charge on any atom is -0.450 e. The van der Waals surface area contributed by atoms with Crippen molar-refractivity contribution in [3.63, 3.8) is 0 Å². The minimum atomic E-state index is -0.270. The van der Waals surface area contributed by atoms with Crippen LogP contribution in [-0.2, 0) is 4.74 Å². The molecule has 0 bridgehead atoms. The summed E-state index contributed by atoms with van der Waals surface area (Å²) in [6, 6.07) is 11.3. The largest absolute Gasteiger partial charge is 0.450 e. The van der Waals surface area contributed by atoms with Crippen molar-refractivity contribution >= 4 is 23.5 Å². The summed E-state index contributed by atoms with van der Waals surface area (Å²) in [5.41, 5.74) is 2.40. The average molecular weight is 368 g/mol. The van der Waals surface area contributed by atoms with E-state index in [1.807, 2.05) is 37.3 Å². The normalized spacial score (nSPS) is 14.0. The number of aryl methyl sites for hydroxylation is 1. The number of ether oxygens (including phenoxy) is 1. The number of hydrogen-bond acceptors (Lipinski definition) is 5. The molecule has 7 nitrogen and oxygen atoms in total. The molecule has 0 saturated carbocycles. The van der Waals surface area contributed by atoms with Gasteiger partial charge in [-0.3, -0.25) is 4.79 Å². The van der Waals surface area contributed by atoms with Crippen molar-refractivity contribution in [2.45, 2.75) is 13.8 Å². The van der Waals surface area contributed by atoms with Crippen molar-refractivity contribution in [3.05, 3.63) is 53.7 Å². The van der Waals surface area contributed by atoms with Crippen LogP contribution < -0.4 is 10.2 Å². The molecule has 1 saturated heterocycles. The summed E-state index contributed by atoms with van der Waals surface area (Å²) in [5, 5.41) is 2.86. The lowest BCUT2D eigenvalue weighted by atomic mass is 10.2. The number of piperazine rings is 1. The third-order valence-corrected chi connectivity index (χ3v) is 4.45. The Hall–Kier alpha value is -3.09. The Morgan fingerprint density at radius 2 is 1.78 bits per heavy atom. The molecule has 2 heterocycles. The van der Waals surface area contributed by atoms with Gasteiger partial charge in [0.2, 0.25) is 0 Å². The van der Waals surface area contributed by atoms with Gasteiger partial charge in [0.05, 0.1) is 12.2 Å². The Morgan fingerprint density at radius 1 is 1.07 bits per heavy atom. The number of benzene rings is 1. The zero-order valence-electron chi connectivity index (χ0n) is 15.6. The van der Waals surface area contributed by atoms with Crippen LogP contribution in [0, 0.1) is 6.92 Å². The van der Waals surface area contributed by atoms with Crippen LogP contribution in [0.2, 0.25) is 0 Å². The molecule has 3 rings (SSSR count). The van der Waals surface area contributed by atoms with Crippen molar-refractivity contribution in [1.29, 1.82) is 0 Å². The van der Waals surface area contributed by atoms with Gasteiger partial charge >= 0.3 is 6.09 Å². The summed E-state index contributed by atoms with van der Waals surface area (Å²) in [5.74, 6) is 0.607. The van der Waals surface area contributed by atoms with Gasteiger partial charge in [0.1, 0.15) is 5.82 Å². The molecule has 1 aromatic carbocycles. The third kappa shape index (κ3) is 4.75. The summed E-state index contributed by atoms with van der Waals surface area (Å²) in [7, 11) is 0. The molecule has 0 unspecified atom stereocenters. The Bertz CT molecular complexity index is 782. The maximum absolute atomic E-state index is 12.3. The number of carbonyl (C=O) groups is 2. The van der Waals surface area contributed by atoms with Crippen LogP contribution in [0.5, 0.6) is 0 Å². The van der Waals surface area contributed by atoms with Crippen LogP contribution in [0.1, 0.15) is 22.8 Å². The second-order valence-electron chi connectivity index (χ2n) is 6.40. The van der Waals surface area contributed by atoms with Gasteiger partial charge in [0.15, 0.2) is 0 Å². The van der Waals surface area contributed by atoms with Gasteiger partial charge in [-0.25, -0.2) is 9.78 Å². The van der Waals surface area contributed by atoms with Gasteiger partial charge in [-0.15, -0.1) is 0 Å². The smallest absolute Gasteiger partial charge is 0.409 e. The Morgan fingerprint density at radius 3 is 2.37 bits per heavy atom. The molecule has 142 valence electrons. The number of nitrogens with one attached hydrogen (secondary N) is 1. The van der Waals surface area contributed by atoms with Crippen molar-refractivity contribution in [2.24, 2.45) is 0 Å². The molecule has 2 aromatic rings. The summed E-state index contributed by atoms with van der Waals surface area (Å²) in [6.45, 7) is 6.73. The fourth-order valence-corrected chi connectivity index (χ4v) is 2.88. The lowest BCUT2D eigenvalue weighted by Gasteiger charge is -2.34.